The number of anilines is 4. The zero-order valence-electron chi connectivity index (χ0n) is 25.4. The van der Waals surface area contributed by atoms with Crippen LogP contribution in [-0.4, -0.2) is 4.98 Å². The van der Waals surface area contributed by atoms with Gasteiger partial charge in [0.1, 0.15) is 0 Å². The molecule has 5 aromatic carbocycles. The number of fused-ring (bicyclic) bond motifs is 3. The van der Waals surface area contributed by atoms with Crippen LogP contribution in [0.3, 0.4) is 0 Å². The van der Waals surface area contributed by atoms with Gasteiger partial charge in [-0.05, 0) is 52.4 Å². The predicted octanol–water partition coefficient (Wildman–Crippen LogP) is 10.4. The first-order valence-corrected chi connectivity index (χ1v) is 14.9. The van der Waals surface area contributed by atoms with Crippen molar-refractivity contribution in [3.8, 4) is 11.3 Å². The first-order valence-electron chi connectivity index (χ1n) is 14.9. The van der Waals surface area contributed by atoms with Gasteiger partial charge >= 0.3 is 20.1 Å². The number of para-hydroxylation sites is 1. The number of aromatic nitrogens is 1. The molecule has 4 heteroatoms. The van der Waals surface area contributed by atoms with Crippen molar-refractivity contribution >= 4 is 33.5 Å². The van der Waals surface area contributed by atoms with Crippen molar-refractivity contribution in [2.24, 2.45) is 0 Å². The number of benzene rings is 5. The summed E-state index contributed by atoms with van der Waals surface area (Å²) >= 11 is 0. The van der Waals surface area contributed by atoms with E-state index in [2.05, 4.69) is 134 Å². The van der Waals surface area contributed by atoms with E-state index in [4.69, 9.17) is 0 Å². The molecule has 0 N–H and O–H groups in total. The fourth-order valence-electron chi connectivity index (χ4n) is 6.16. The van der Waals surface area contributed by atoms with Gasteiger partial charge in [-0.25, -0.2) is 0 Å². The molecule has 0 aliphatic carbocycles. The Morgan fingerprint density at radius 1 is 0.773 bits per heavy atom. The molecule has 6 aromatic rings. The maximum Gasteiger partial charge on any atom is 3.00 e. The minimum Gasteiger partial charge on any atom is -0.488 e. The van der Waals surface area contributed by atoms with E-state index in [1.54, 1.807) is 6.20 Å². The Kier molecular flexibility index (Phi) is 8.16. The van der Waals surface area contributed by atoms with Crippen molar-refractivity contribution in [3.05, 3.63) is 157 Å². The number of hydrogen-bond acceptors (Lipinski definition) is 3. The van der Waals surface area contributed by atoms with Crippen LogP contribution in [0.5, 0.6) is 0 Å². The van der Waals surface area contributed by atoms with Gasteiger partial charge in [0.05, 0.1) is 0 Å². The molecule has 44 heavy (non-hydrogen) atoms. The van der Waals surface area contributed by atoms with E-state index in [1.807, 2.05) is 42.5 Å². The third-order valence-corrected chi connectivity index (χ3v) is 8.59. The first kappa shape index (κ1) is 29.8. The third-order valence-electron chi connectivity index (χ3n) is 8.59. The average Bonchev–Trinajstić information content (AvgIpc) is 3.45. The fraction of sp³-hybridized carbons (Fsp3) is 0.150. The van der Waals surface area contributed by atoms with E-state index in [9.17, 15) is 0 Å². The van der Waals surface area contributed by atoms with Crippen molar-refractivity contribution in [1.29, 1.82) is 0 Å². The van der Waals surface area contributed by atoms with Crippen molar-refractivity contribution < 1.29 is 20.1 Å². The average molecular weight is 749 g/mol. The van der Waals surface area contributed by atoms with Crippen LogP contribution in [0.15, 0.2) is 121 Å². The summed E-state index contributed by atoms with van der Waals surface area (Å²) in [5.74, 6) is 0.532. The van der Waals surface area contributed by atoms with Gasteiger partial charge in [-0.1, -0.05) is 87.5 Å². The predicted molar refractivity (Wildman–Crippen MR) is 179 cm³/mol. The van der Waals surface area contributed by atoms with Gasteiger partial charge in [-0.3, -0.25) is 0 Å². The summed E-state index contributed by atoms with van der Waals surface area (Å²) in [6, 6.07) is 47.1. The van der Waals surface area contributed by atoms with Crippen LogP contribution < -0.4 is 9.80 Å². The van der Waals surface area contributed by atoms with E-state index in [0.29, 0.717) is 5.92 Å². The van der Waals surface area contributed by atoms with Crippen LogP contribution in [-0.2, 0) is 25.5 Å². The van der Waals surface area contributed by atoms with Crippen LogP contribution in [0.25, 0.3) is 22.0 Å². The molecule has 0 spiro atoms. The van der Waals surface area contributed by atoms with Gasteiger partial charge < -0.3 is 14.8 Å². The van der Waals surface area contributed by atoms with Crippen molar-refractivity contribution in [1.82, 2.24) is 4.98 Å². The summed E-state index contributed by atoms with van der Waals surface area (Å²) in [4.78, 5) is 8.88. The van der Waals surface area contributed by atoms with Gasteiger partial charge in [0.25, 0.3) is 0 Å². The second-order valence-electron chi connectivity index (χ2n) is 12.0. The smallest absolute Gasteiger partial charge is 0.488 e. The zero-order chi connectivity index (χ0) is 29.6. The standard InChI is InChI=1S/C29H26N2.C11H8N.Ir/c1-19(2)20-12-14-23(15-13-20)30-18-31-27-17-22-9-6-5-8-21(22)16-25(27)29(3,4)24-10-7-11-26(30)28(24)31;1-2-6-10(7-3-1)11-8-4-5-9-12-11;/h5-16,18-19H,1-4H3;1-6,8-9H;/q-2;-1;+3. The van der Waals surface area contributed by atoms with E-state index in [-0.39, 0.29) is 25.5 Å². The molecule has 3 nitrogen and oxygen atoms in total. The molecule has 0 saturated heterocycles. The fourth-order valence-corrected chi connectivity index (χ4v) is 6.16. The SMILES string of the molecule is CC(C)c1ccc(N2[CH-]N3c4[c-]c5ccccc5cc4C(C)(C)c4cccc2c43)cc1.[Ir+3].[c-]1ccccc1-c1ccccn1. The van der Waals surface area contributed by atoms with Crippen molar-refractivity contribution in [3.63, 3.8) is 0 Å². The van der Waals surface area contributed by atoms with E-state index in [0.717, 1.165) is 22.3 Å². The molecule has 2 aliphatic rings. The molecule has 0 unspecified atom stereocenters. The van der Waals surface area contributed by atoms with Crippen molar-refractivity contribution in [2.45, 2.75) is 39.0 Å². The Balaban J connectivity index is 0.000000222. The summed E-state index contributed by atoms with van der Waals surface area (Å²) in [5, 5.41) is 2.40. The normalized spacial score (nSPS) is 13.9. The maximum atomic E-state index is 4.22. The molecule has 2 aliphatic heterocycles. The monoisotopic (exact) mass is 749 g/mol. The van der Waals surface area contributed by atoms with Crippen LogP contribution in [0.4, 0.5) is 22.7 Å². The summed E-state index contributed by atoms with van der Waals surface area (Å²) in [7, 11) is 0. The number of nitrogens with zero attached hydrogens (tertiary/aromatic N) is 3. The van der Waals surface area contributed by atoms with Crippen LogP contribution in [0.1, 0.15) is 50.3 Å². The van der Waals surface area contributed by atoms with Gasteiger partial charge in [-0.15, -0.1) is 77.6 Å². The van der Waals surface area contributed by atoms with Crippen LogP contribution >= 0.6 is 0 Å². The Bertz CT molecular complexity index is 1860. The van der Waals surface area contributed by atoms with Gasteiger partial charge in [0.15, 0.2) is 0 Å². The Morgan fingerprint density at radius 2 is 1.55 bits per heavy atom. The molecule has 1 aromatic heterocycles. The van der Waals surface area contributed by atoms with Gasteiger partial charge in [0, 0.05) is 23.3 Å². The summed E-state index contributed by atoms with van der Waals surface area (Å²) in [6.07, 6.45) is 1.79. The minimum absolute atomic E-state index is 0. The van der Waals surface area contributed by atoms with E-state index < -0.39 is 0 Å². The molecular weight excluding hydrogens is 715 g/mol. The number of hydrogen-bond donors (Lipinski definition) is 0. The molecular formula is C40H34IrN3. The van der Waals surface area contributed by atoms with Gasteiger partial charge in [0.2, 0.25) is 0 Å². The summed E-state index contributed by atoms with van der Waals surface area (Å²) in [5.41, 5.74) is 10.8. The molecule has 0 fully saturated rings. The number of pyridine rings is 1. The molecule has 218 valence electrons. The number of rotatable bonds is 3. The van der Waals surface area contributed by atoms with Crippen LogP contribution in [0.2, 0.25) is 0 Å². The summed E-state index contributed by atoms with van der Waals surface area (Å²) in [6.45, 7) is 11.4. The maximum absolute atomic E-state index is 4.22. The molecule has 3 heterocycles. The quantitative estimate of drug-likeness (QED) is 0.168. The van der Waals surface area contributed by atoms with Crippen molar-refractivity contribution in [2.75, 3.05) is 9.80 Å². The second-order valence-corrected chi connectivity index (χ2v) is 12.0. The Labute approximate surface area is 274 Å². The Hall–Kier alpha value is -4.24. The molecule has 0 amide bonds. The second kappa shape index (κ2) is 12.0. The summed E-state index contributed by atoms with van der Waals surface area (Å²) < 4.78 is 0. The molecule has 0 atom stereocenters. The Morgan fingerprint density at radius 3 is 2.27 bits per heavy atom. The largest absolute Gasteiger partial charge is 3.00 e. The van der Waals surface area contributed by atoms with Gasteiger partial charge in [-0.2, -0.15) is 0 Å². The topological polar surface area (TPSA) is 19.4 Å². The van der Waals surface area contributed by atoms with E-state index in [1.165, 1.54) is 39.1 Å². The minimum atomic E-state index is -0.0942. The molecule has 0 radical (unpaired) electrons. The third kappa shape index (κ3) is 5.23. The zero-order valence-corrected chi connectivity index (χ0v) is 27.8. The first-order chi connectivity index (χ1) is 20.9. The molecule has 8 rings (SSSR count). The van der Waals surface area contributed by atoms with E-state index >= 15 is 0 Å². The van der Waals surface area contributed by atoms with Crippen LogP contribution in [0, 0.1) is 18.8 Å². The molecule has 0 saturated carbocycles. The molecule has 0 bridgehead atoms.